The number of rotatable bonds is 2. The molecule has 0 bridgehead atoms. The molecule has 2 aromatic rings. The summed E-state index contributed by atoms with van der Waals surface area (Å²) in [6.45, 7) is 4.36. The standard InChI is InChI=1S/C20H19Cl/c1-14-6-8-16(9-7-14)19-4-3-5-20(15(19)2)17-10-12-18(21)13-11-17/h4,6-13H,3,5H2,1-2H3. The van der Waals surface area contributed by atoms with Gasteiger partial charge < -0.3 is 0 Å². The second-order valence-corrected chi connectivity index (χ2v) is 6.07. The fourth-order valence-corrected chi connectivity index (χ4v) is 3.07. The molecule has 0 aromatic heterocycles. The smallest absolute Gasteiger partial charge is 0.0406 e. The van der Waals surface area contributed by atoms with Crippen LogP contribution in [0.5, 0.6) is 0 Å². The van der Waals surface area contributed by atoms with E-state index in [0.29, 0.717) is 0 Å². The average molecular weight is 295 g/mol. The zero-order valence-corrected chi connectivity index (χ0v) is 13.2. The van der Waals surface area contributed by atoms with E-state index in [2.05, 4.69) is 56.3 Å². The van der Waals surface area contributed by atoms with E-state index in [4.69, 9.17) is 11.6 Å². The second-order valence-electron chi connectivity index (χ2n) is 5.63. The number of aryl methyl sites for hydroxylation is 1. The minimum absolute atomic E-state index is 0.794. The van der Waals surface area contributed by atoms with Crippen molar-refractivity contribution in [3.05, 3.63) is 81.9 Å². The van der Waals surface area contributed by atoms with E-state index >= 15 is 0 Å². The van der Waals surface area contributed by atoms with Gasteiger partial charge in [0.05, 0.1) is 0 Å². The SMILES string of the molecule is CC1=C(c2ccc(Cl)cc2)CCC=C1c1ccc(C)cc1. The molecule has 0 unspecified atom stereocenters. The second kappa shape index (κ2) is 5.91. The Morgan fingerprint density at radius 2 is 1.43 bits per heavy atom. The number of allylic oxidation sites excluding steroid dienone is 4. The molecule has 3 rings (SSSR count). The third-order valence-electron chi connectivity index (χ3n) is 4.15. The highest BCUT2D eigenvalue weighted by Crippen LogP contribution is 2.37. The molecule has 0 saturated heterocycles. The Hall–Kier alpha value is -1.79. The number of hydrogen-bond donors (Lipinski definition) is 0. The van der Waals surface area contributed by atoms with Crippen LogP contribution in [0.15, 0.2) is 60.2 Å². The molecule has 0 atom stereocenters. The van der Waals surface area contributed by atoms with E-state index in [1.165, 1.54) is 33.4 Å². The van der Waals surface area contributed by atoms with Crippen LogP contribution in [0.4, 0.5) is 0 Å². The van der Waals surface area contributed by atoms with E-state index in [-0.39, 0.29) is 0 Å². The predicted octanol–water partition coefficient (Wildman–Crippen LogP) is 6.30. The maximum atomic E-state index is 6.00. The number of hydrogen-bond acceptors (Lipinski definition) is 0. The Bertz CT molecular complexity index is 701. The van der Waals surface area contributed by atoms with Crippen molar-refractivity contribution >= 4 is 22.7 Å². The molecule has 2 aromatic carbocycles. The molecule has 0 saturated carbocycles. The molecule has 0 fully saturated rings. The zero-order valence-electron chi connectivity index (χ0n) is 12.5. The fraction of sp³-hybridized carbons (Fsp3) is 0.200. The molecule has 0 amide bonds. The molecule has 1 aliphatic rings. The summed E-state index contributed by atoms with van der Waals surface area (Å²) in [6, 6.07) is 17.0. The highest BCUT2D eigenvalue weighted by Gasteiger charge is 2.15. The van der Waals surface area contributed by atoms with Crippen molar-refractivity contribution in [3.63, 3.8) is 0 Å². The molecule has 1 heteroatoms. The van der Waals surface area contributed by atoms with Gasteiger partial charge in [0.2, 0.25) is 0 Å². The van der Waals surface area contributed by atoms with Crippen molar-refractivity contribution in [3.8, 4) is 0 Å². The lowest BCUT2D eigenvalue weighted by Gasteiger charge is -2.20. The van der Waals surface area contributed by atoms with Crippen molar-refractivity contribution in [2.45, 2.75) is 26.7 Å². The van der Waals surface area contributed by atoms with Gasteiger partial charge in [0, 0.05) is 5.02 Å². The van der Waals surface area contributed by atoms with Crippen LogP contribution < -0.4 is 0 Å². The molecule has 1 aliphatic carbocycles. The first kappa shape index (κ1) is 14.2. The van der Waals surface area contributed by atoms with Gasteiger partial charge >= 0.3 is 0 Å². The van der Waals surface area contributed by atoms with Gasteiger partial charge in [0.15, 0.2) is 0 Å². The molecule has 106 valence electrons. The minimum Gasteiger partial charge on any atom is -0.0843 e. The zero-order chi connectivity index (χ0) is 14.8. The van der Waals surface area contributed by atoms with Crippen molar-refractivity contribution in [1.29, 1.82) is 0 Å². The van der Waals surface area contributed by atoms with Crippen molar-refractivity contribution < 1.29 is 0 Å². The van der Waals surface area contributed by atoms with Gasteiger partial charge in [0.25, 0.3) is 0 Å². The van der Waals surface area contributed by atoms with E-state index in [9.17, 15) is 0 Å². The van der Waals surface area contributed by atoms with Gasteiger partial charge in [-0.15, -0.1) is 0 Å². The molecule has 0 aliphatic heterocycles. The number of benzene rings is 2. The summed E-state index contributed by atoms with van der Waals surface area (Å²) >= 11 is 6.00. The Kier molecular flexibility index (Phi) is 3.98. The van der Waals surface area contributed by atoms with Crippen molar-refractivity contribution in [2.75, 3.05) is 0 Å². The third kappa shape index (κ3) is 2.96. The summed E-state index contributed by atoms with van der Waals surface area (Å²) in [4.78, 5) is 0. The highest BCUT2D eigenvalue weighted by molar-refractivity contribution is 6.30. The first-order valence-electron chi connectivity index (χ1n) is 7.38. The largest absolute Gasteiger partial charge is 0.0843 e. The van der Waals surface area contributed by atoms with Gasteiger partial charge in [-0.05, 0) is 66.7 Å². The Morgan fingerprint density at radius 3 is 2.10 bits per heavy atom. The summed E-state index contributed by atoms with van der Waals surface area (Å²) in [7, 11) is 0. The first-order valence-corrected chi connectivity index (χ1v) is 7.76. The summed E-state index contributed by atoms with van der Waals surface area (Å²) < 4.78 is 0. The minimum atomic E-state index is 0.794. The summed E-state index contributed by atoms with van der Waals surface area (Å²) in [6.07, 6.45) is 4.56. The average Bonchev–Trinajstić information content (AvgIpc) is 2.50. The Balaban J connectivity index is 2.02. The van der Waals surface area contributed by atoms with Gasteiger partial charge in [-0.3, -0.25) is 0 Å². The molecular formula is C20H19Cl. The van der Waals surface area contributed by atoms with Crippen molar-refractivity contribution in [2.24, 2.45) is 0 Å². The van der Waals surface area contributed by atoms with Gasteiger partial charge in [0.1, 0.15) is 0 Å². The van der Waals surface area contributed by atoms with Gasteiger partial charge in [-0.1, -0.05) is 59.6 Å². The molecular weight excluding hydrogens is 276 g/mol. The summed E-state index contributed by atoms with van der Waals surface area (Å²) in [5.41, 5.74) is 8.08. The van der Waals surface area contributed by atoms with E-state index < -0.39 is 0 Å². The van der Waals surface area contributed by atoms with Crippen LogP contribution >= 0.6 is 11.6 Å². The summed E-state index contributed by atoms with van der Waals surface area (Å²) in [5, 5.41) is 0.794. The quantitative estimate of drug-likeness (QED) is 0.610. The topological polar surface area (TPSA) is 0 Å². The maximum absolute atomic E-state index is 6.00. The third-order valence-corrected chi connectivity index (χ3v) is 4.41. The normalized spacial score (nSPS) is 15.1. The molecule has 0 spiro atoms. The van der Waals surface area contributed by atoms with Crippen LogP contribution in [0.1, 0.15) is 36.5 Å². The highest BCUT2D eigenvalue weighted by atomic mass is 35.5. The molecule has 0 radical (unpaired) electrons. The lowest BCUT2D eigenvalue weighted by Crippen LogP contribution is -1.98. The summed E-state index contributed by atoms with van der Waals surface area (Å²) in [5.74, 6) is 0. The van der Waals surface area contributed by atoms with E-state index in [0.717, 1.165) is 17.9 Å². The van der Waals surface area contributed by atoms with E-state index in [1.807, 2.05) is 12.1 Å². The van der Waals surface area contributed by atoms with Crippen LogP contribution in [-0.2, 0) is 0 Å². The van der Waals surface area contributed by atoms with Crippen LogP contribution in [0, 0.1) is 6.92 Å². The molecule has 0 heterocycles. The van der Waals surface area contributed by atoms with Crippen molar-refractivity contribution in [1.82, 2.24) is 0 Å². The Morgan fingerprint density at radius 1 is 0.810 bits per heavy atom. The van der Waals surface area contributed by atoms with Crippen LogP contribution in [-0.4, -0.2) is 0 Å². The van der Waals surface area contributed by atoms with Crippen LogP contribution in [0.3, 0.4) is 0 Å². The number of halogens is 1. The fourth-order valence-electron chi connectivity index (χ4n) is 2.94. The van der Waals surface area contributed by atoms with Crippen LogP contribution in [0.2, 0.25) is 5.02 Å². The predicted molar refractivity (Wildman–Crippen MR) is 92.4 cm³/mol. The lowest BCUT2D eigenvalue weighted by atomic mass is 9.84. The molecule has 21 heavy (non-hydrogen) atoms. The maximum Gasteiger partial charge on any atom is 0.0406 e. The first-order chi connectivity index (χ1) is 10.1. The monoisotopic (exact) mass is 294 g/mol. The Labute approximate surface area is 131 Å². The van der Waals surface area contributed by atoms with Gasteiger partial charge in [-0.2, -0.15) is 0 Å². The van der Waals surface area contributed by atoms with Gasteiger partial charge in [-0.25, -0.2) is 0 Å². The molecule has 0 nitrogen and oxygen atoms in total. The molecule has 0 N–H and O–H groups in total. The lowest BCUT2D eigenvalue weighted by molar-refractivity contribution is 1.04. The van der Waals surface area contributed by atoms with Crippen LogP contribution in [0.25, 0.3) is 11.1 Å². The van der Waals surface area contributed by atoms with E-state index in [1.54, 1.807) is 0 Å².